The molecule has 1 amide bonds. The van der Waals surface area contributed by atoms with Gasteiger partial charge in [-0.05, 0) is 24.1 Å². The van der Waals surface area contributed by atoms with Crippen molar-refractivity contribution >= 4 is 29.2 Å². The normalized spacial score (nSPS) is 12.8. The topological polar surface area (TPSA) is 66.4 Å². The van der Waals surface area contributed by atoms with E-state index in [0.29, 0.717) is 0 Å². The van der Waals surface area contributed by atoms with Gasteiger partial charge in [-0.25, -0.2) is 0 Å². The Morgan fingerprint density at radius 3 is 2.48 bits per heavy atom. The molecule has 0 radical (unpaired) electrons. The van der Waals surface area contributed by atoms with E-state index in [0.717, 1.165) is 12.1 Å². The van der Waals surface area contributed by atoms with E-state index in [1.165, 1.54) is 13.0 Å². The molecule has 1 unspecified atom stereocenters. The van der Waals surface area contributed by atoms with Crippen LogP contribution in [0.5, 0.6) is 0 Å². The number of carboxylic acid groups (broad SMARTS) is 1. The van der Waals surface area contributed by atoms with E-state index in [4.69, 9.17) is 16.7 Å². The molecule has 1 rings (SSSR count). The number of carbonyl (C=O) groups excluding carboxylic acids is 1. The van der Waals surface area contributed by atoms with Gasteiger partial charge in [-0.2, -0.15) is 13.2 Å². The molecule has 0 saturated heterocycles. The van der Waals surface area contributed by atoms with Crippen molar-refractivity contribution in [2.24, 2.45) is 5.92 Å². The lowest BCUT2D eigenvalue weighted by Crippen LogP contribution is -2.19. The predicted octanol–water partition coefficient (Wildman–Crippen LogP) is 3.80. The van der Waals surface area contributed by atoms with E-state index in [2.05, 4.69) is 5.32 Å². The smallest absolute Gasteiger partial charge is 0.418 e. The lowest BCUT2D eigenvalue weighted by Gasteiger charge is -2.15. The summed E-state index contributed by atoms with van der Waals surface area (Å²) in [7, 11) is 0. The maximum absolute atomic E-state index is 12.8. The zero-order valence-electron chi connectivity index (χ0n) is 11.0. The van der Waals surface area contributed by atoms with Crippen LogP contribution in [0.4, 0.5) is 18.9 Å². The van der Waals surface area contributed by atoms with Crippen LogP contribution in [-0.4, -0.2) is 17.0 Å². The van der Waals surface area contributed by atoms with Gasteiger partial charge in [-0.15, -0.1) is 0 Å². The number of halogens is 4. The van der Waals surface area contributed by atoms with Gasteiger partial charge in [0.1, 0.15) is 0 Å². The molecule has 0 aliphatic heterocycles. The van der Waals surface area contributed by atoms with Gasteiger partial charge in [0.15, 0.2) is 0 Å². The van der Waals surface area contributed by atoms with Crippen LogP contribution in [0, 0.1) is 5.92 Å². The summed E-state index contributed by atoms with van der Waals surface area (Å²) in [6.07, 6.45) is -5.08. The third-order valence-corrected chi connectivity index (χ3v) is 2.85. The Bertz CT molecular complexity index is 546. The molecule has 0 aromatic heterocycles. The summed E-state index contributed by atoms with van der Waals surface area (Å²) in [5.41, 5.74) is -1.45. The predicted molar refractivity (Wildman–Crippen MR) is 71.1 cm³/mol. The molecule has 8 heteroatoms. The first-order valence-electron chi connectivity index (χ1n) is 5.98. The number of alkyl halides is 3. The number of rotatable bonds is 5. The number of nitrogens with one attached hydrogen (secondary N) is 1. The largest absolute Gasteiger partial charge is 0.481 e. The minimum atomic E-state index is -4.65. The van der Waals surface area contributed by atoms with Crippen molar-refractivity contribution in [2.45, 2.75) is 25.9 Å². The summed E-state index contributed by atoms with van der Waals surface area (Å²) in [6, 6.07) is 3.01. The van der Waals surface area contributed by atoms with Crippen LogP contribution >= 0.6 is 11.6 Å². The van der Waals surface area contributed by atoms with E-state index in [9.17, 15) is 22.8 Å². The lowest BCUT2D eigenvalue weighted by atomic mass is 10.0. The monoisotopic (exact) mass is 323 g/mol. The number of hydrogen-bond donors (Lipinski definition) is 2. The molecule has 116 valence electrons. The molecular formula is C13H13ClF3NO3. The van der Waals surface area contributed by atoms with Crippen LogP contribution in [0.2, 0.25) is 5.02 Å². The molecule has 21 heavy (non-hydrogen) atoms. The first-order chi connectivity index (χ1) is 9.59. The maximum atomic E-state index is 12.8. The third kappa shape index (κ3) is 5.63. The number of aliphatic carboxylic acids is 1. The van der Waals surface area contributed by atoms with Crippen LogP contribution in [-0.2, 0) is 15.8 Å². The molecule has 0 spiro atoms. The van der Waals surface area contributed by atoms with Crippen molar-refractivity contribution in [1.29, 1.82) is 0 Å². The van der Waals surface area contributed by atoms with Crippen molar-refractivity contribution in [1.82, 2.24) is 0 Å². The first-order valence-corrected chi connectivity index (χ1v) is 6.35. The highest BCUT2D eigenvalue weighted by Crippen LogP contribution is 2.36. The number of amides is 1. The molecule has 0 aliphatic carbocycles. The molecule has 4 nitrogen and oxygen atoms in total. The van der Waals surface area contributed by atoms with Gasteiger partial charge >= 0.3 is 12.1 Å². The zero-order chi connectivity index (χ0) is 16.2. The fourth-order valence-corrected chi connectivity index (χ4v) is 1.92. The number of carbonyl (C=O) groups is 2. The molecule has 1 aromatic carbocycles. The zero-order valence-corrected chi connectivity index (χ0v) is 11.8. The third-order valence-electron chi connectivity index (χ3n) is 2.62. The van der Waals surface area contributed by atoms with Crippen LogP contribution in [0.15, 0.2) is 18.2 Å². The average Bonchev–Trinajstić information content (AvgIpc) is 2.28. The van der Waals surface area contributed by atoms with Gasteiger partial charge in [0, 0.05) is 17.9 Å². The van der Waals surface area contributed by atoms with E-state index in [1.807, 2.05) is 0 Å². The summed E-state index contributed by atoms with van der Waals surface area (Å²) < 4.78 is 38.5. The van der Waals surface area contributed by atoms with E-state index >= 15 is 0 Å². The summed E-state index contributed by atoms with van der Waals surface area (Å²) in [6.45, 7) is 1.53. The highest BCUT2D eigenvalue weighted by Gasteiger charge is 2.34. The maximum Gasteiger partial charge on any atom is 0.418 e. The molecule has 0 aliphatic rings. The van der Waals surface area contributed by atoms with Crippen molar-refractivity contribution in [3.05, 3.63) is 28.8 Å². The minimum absolute atomic E-state index is 0.0976. The summed E-state index contributed by atoms with van der Waals surface area (Å²) in [4.78, 5) is 22.1. The molecule has 0 fully saturated rings. The standard InChI is InChI=1S/C13H13ClF3NO3/c1-7(5-12(20)21)4-11(19)18-10-3-2-8(14)6-9(10)13(15,16)17/h2-3,6-7H,4-5H2,1H3,(H,18,19)(H,20,21). The average molecular weight is 324 g/mol. The molecule has 2 N–H and O–H groups in total. The van der Waals surface area contributed by atoms with Gasteiger partial charge < -0.3 is 10.4 Å². The summed E-state index contributed by atoms with van der Waals surface area (Å²) in [5, 5.41) is 10.6. The SMILES string of the molecule is CC(CC(=O)O)CC(=O)Nc1ccc(Cl)cc1C(F)(F)F. The molecule has 0 bridgehead atoms. The second-order valence-electron chi connectivity index (χ2n) is 4.64. The Morgan fingerprint density at radius 1 is 1.33 bits per heavy atom. The summed E-state index contributed by atoms with van der Waals surface area (Å²) >= 11 is 5.52. The number of carboxylic acids is 1. The van der Waals surface area contributed by atoms with Crippen LogP contribution in [0.25, 0.3) is 0 Å². The van der Waals surface area contributed by atoms with Gasteiger partial charge in [-0.3, -0.25) is 9.59 Å². The molecule has 1 atom stereocenters. The van der Waals surface area contributed by atoms with E-state index < -0.39 is 35.2 Å². The molecular weight excluding hydrogens is 311 g/mol. The Labute approximate surface area is 123 Å². The highest BCUT2D eigenvalue weighted by atomic mass is 35.5. The molecule has 1 aromatic rings. The Morgan fingerprint density at radius 2 is 1.95 bits per heavy atom. The van der Waals surface area contributed by atoms with Crippen molar-refractivity contribution in [3.63, 3.8) is 0 Å². The van der Waals surface area contributed by atoms with Crippen molar-refractivity contribution < 1.29 is 27.9 Å². The number of hydrogen-bond acceptors (Lipinski definition) is 2. The summed E-state index contributed by atoms with van der Waals surface area (Å²) in [5.74, 6) is -2.24. The molecule has 0 saturated carbocycles. The van der Waals surface area contributed by atoms with Gasteiger partial charge in [0.05, 0.1) is 11.3 Å². The Kier molecular flexibility index (Phi) is 5.60. The van der Waals surface area contributed by atoms with Crippen molar-refractivity contribution in [2.75, 3.05) is 5.32 Å². The highest BCUT2D eigenvalue weighted by molar-refractivity contribution is 6.30. The fraction of sp³-hybridized carbons (Fsp3) is 0.385. The lowest BCUT2D eigenvalue weighted by molar-refractivity contribution is -0.138. The van der Waals surface area contributed by atoms with Gasteiger partial charge in [0.25, 0.3) is 0 Å². The van der Waals surface area contributed by atoms with Crippen molar-refractivity contribution in [3.8, 4) is 0 Å². The van der Waals surface area contributed by atoms with E-state index in [1.54, 1.807) is 0 Å². The minimum Gasteiger partial charge on any atom is -0.481 e. The Balaban J connectivity index is 2.83. The molecule has 0 heterocycles. The fourth-order valence-electron chi connectivity index (χ4n) is 1.75. The first kappa shape index (κ1) is 17.3. The quantitative estimate of drug-likeness (QED) is 0.866. The van der Waals surface area contributed by atoms with Crippen LogP contribution in [0.3, 0.4) is 0 Å². The number of benzene rings is 1. The second-order valence-corrected chi connectivity index (χ2v) is 5.08. The van der Waals surface area contributed by atoms with Gasteiger partial charge in [0.2, 0.25) is 5.91 Å². The Hall–Kier alpha value is -1.76. The van der Waals surface area contributed by atoms with Gasteiger partial charge in [-0.1, -0.05) is 18.5 Å². The second kappa shape index (κ2) is 6.80. The van der Waals surface area contributed by atoms with Crippen LogP contribution < -0.4 is 5.32 Å². The number of anilines is 1. The van der Waals surface area contributed by atoms with Crippen LogP contribution in [0.1, 0.15) is 25.3 Å². The van der Waals surface area contributed by atoms with E-state index in [-0.39, 0.29) is 17.9 Å².